The average molecular weight is 271 g/mol. The van der Waals surface area contributed by atoms with Gasteiger partial charge in [0.05, 0.1) is 12.8 Å². The summed E-state index contributed by atoms with van der Waals surface area (Å²) < 4.78 is 5.31. The van der Waals surface area contributed by atoms with Gasteiger partial charge >= 0.3 is 0 Å². The summed E-state index contributed by atoms with van der Waals surface area (Å²) in [6.07, 6.45) is 2.26. The molecular weight excluding hydrogens is 250 g/mol. The van der Waals surface area contributed by atoms with E-state index in [0.29, 0.717) is 0 Å². The minimum Gasteiger partial charge on any atom is -0.497 e. The highest BCUT2D eigenvalue weighted by Crippen LogP contribution is 2.30. The van der Waals surface area contributed by atoms with Crippen molar-refractivity contribution in [2.24, 2.45) is 0 Å². The molecule has 1 aromatic carbocycles. The smallest absolute Gasteiger partial charge is 0.119 e. The molecule has 20 heavy (non-hydrogen) atoms. The van der Waals surface area contributed by atoms with E-state index in [2.05, 4.69) is 34.2 Å². The second-order valence-electron chi connectivity index (χ2n) is 5.29. The quantitative estimate of drug-likeness (QED) is 0.929. The number of aromatic nitrogens is 2. The molecule has 106 valence electrons. The monoisotopic (exact) mass is 271 g/mol. The van der Waals surface area contributed by atoms with Crippen LogP contribution >= 0.6 is 0 Å². The predicted octanol–water partition coefficient (Wildman–Crippen LogP) is 2.85. The van der Waals surface area contributed by atoms with Crippen LogP contribution in [0.15, 0.2) is 24.3 Å². The Balaban J connectivity index is 1.93. The molecule has 0 spiro atoms. The number of H-pyrrole nitrogens is 1. The van der Waals surface area contributed by atoms with Crippen LogP contribution in [0.25, 0.3) is 11.3 Å². The number of methoxy groups -OCH3 is 1. The highest BCUT2D eigenvalue weighted by atomic mass is 16.5. The third-order valence-electron chi connectivity index (χ3n) is 3.90. The molecule has 0 radical (unpaired) electrons. The Morgan fingerprint density at radius 3 is 3.10 bits per heavy atom. The molecule has 0 saturated carbocycles. The summed E-state index contributed by atoms with van der Waals surface area (Å²) in [5, 5.41) is 7.74. The van der Waals surface area contributed by atoms with Crippen molar-refractivity contribution >= 4 is 0 Å². The van der Waals surface area contributed by atoms with Crippen LogP contribution in [0.5, 0.6) is 5.75 Å². The van der Waals surface area contributed by atoms with Crippen LogP contribution in [-0.2, 0) is 13.0 Å². The van der Waals surface area contributed by atoms with Crippen LogP contribution < -0.4 is 4.74 Å². The molecule has 1 N–H and O–H groups in total. The molecule has 0 saturated heterocycles. The second kappa shape index (κ2) is 5.67. The molecule has 0 atom stereocenters. The molecule has 2 heterocycles. The van der Waals surface area contributed by atoms with Gasteiger partial charge in [-0.05, 0) is 25.1 Å². The predicted molar refractivity (Wildman–Crippen MR) is 79.8 cm³/mol. The van der Waals surface area contributed by atoms with E-state index >= 15 is 0 Å². The molecule has 1 aliphatic heterocycles. The van der Waals surface area contributed by atoms with Crippen molar-refractivity contribution in [3.8, 4) is 17.0 Å². The first-order valence-corrected chi connectivity index (χ1v) is 7.24. The first-order chi connectivity index (χ1) is 9.81. The Kier molecular flexibility index (Phi) is 3.74. The molecule has 1 aromatic heterocycles. The number of fused-ring (bicyclic) bond motifs is 1. The fraction of sp³-hybridized carbons (Fsp3) is 0.438. The fourth-order valence-corrected chi connectivity index (χ4v) is 2.87. The Morgan fingerprint density at radius 1 is 1.40 bits per heavy atom. The van der Waals surface area contributed by atoms with Crippen LogP contribution in [0, 0.1) is 0 Å². The number of hydrogen-bond donors (Lipinski definition) is 1. The number of aromatic amines is 1. The summed E-state index contributed by atoms with van der Waals surface area (Å²) in [4.78, 5) is 2.50. The number of ether oxygens (including phenoxy) is 1. The fourth-order valence-electron chi connectivity index (χ4n) is 2.87. The molecule has 0 unspecified atom stereocenters. The summed E-state index contributed by atoms with van der Waals surface area (Å²) in [5.41, 5.74) is 4.83. The third kappa shape index (κ3) is 2.43. The van der Waals surface area contributed by atoms with E-state index in [1.165, 1.54) is 17.7 Å². The zero-order valence-corrected chi connectivity index (χ0v) is 12.1. The number of benzene rings is 1. The molecule has 0 amide bonds. The summed E-state index contributed by atoms with van der Waals surface area (Å²) in [6, 6.07) is 8.13. The number of hydrogen-bond acceptors (Lipinski definition) is 3. The molecule has 0 bridgehead atoms. The van der Waals surface area contributed by atoms with E-state index in [9.17, 15) is 0 Å². The minimum absolute atomic E-state index is 0.875. The molecule has 1 aliphatic rings. The molecule has 2 aromatic rings. The first kappa shape index (κ1) is 13.2. The van der Waals surface area contributed by atoms with Crippen molar-refractivity contribution in [1.29, 1.82) is 0 Å². The second-order valence-corrected chi connectivity index (χ2v) is 5.29. The van der Waals surface area contributed by atoms with Gasteiger partial charge in [0.1, 0.15) is 5.75 Å². The largest absolute Gasteiger partial charge is 0.497 e. The van der Waals surface area contributed by atoms with Gasteiger partial charge in [0.2, 0.25) is 0 Å². The summed E-state index contributed by atoms with van der Waals surface area (Å²) in [5.74, 6) is 0.875. The van der Waals surface area contributed by atoms with Gasteiger partial charge in [0, 0.05) is 36.3 Å². The van der Waals surface area contributed by atoms with Crippen molar-refractivity contribution < 1.29 is 4.74 Å². The third-order valence-corrected chi connectivity index (χ3v) is 3.90. The van der Waals surface area contributed by atoms with Crippen molar-refractivity contribution in [3.05, 3.63) is 35.5 Å². The Hall–Kier alpha value is -1.81. The van der Waals surface area contributed by atoms with Crippen molar-refractivity contribution in [2.75, 3.05) is 20.2 Å². The maximum atomic E-state index is 5.31. The number of nitrogens with zero attached hydrogens (tertiary/aromatic N) is 2. The van der Waals surface area contributed by atoms with Crippen LogP contribution in [0.1, 0.15) is 24.6 Å². The SMILES string of the molecule is CCCN1CCc2[nH]nc(-c3cccc(OC)c3)c2C1. The van der Waals surface area contributed by atoms with Gasteiger partial charge in [-0.1, -0.05) is 19.1 Å². The van der Waals surface area contributed by atoms with Gasteiger partial charge in [0.25, 0.3) is 0 Å². The molecule has 0 aliphatic carbocycles. The summed E-state index contributed by atoms with van der Waals surface area (Å²) in [7, 11) is 1.70. The molecule has 0 fully saturated rings. The van der Waals surface area contributed by atoms with E-state index in [1.54, 1.807) is 7.11 Å². The standard InChI is InChI=1S/C16H21N3O/c1-3-8-19-9-7-15-14(11-19)16(18-17-15)12-5-4-6-13(10-12)20-2/h4-6,10H,3,7-9,11H2,1-2H3,(H,17,18). The minimum atomic E-state index is 0.875. The van der Waals surface area contributed by atoms with Gasteiger partial charge < -0.3 is 4.74 Å². The van der Waals surface area contributed by atoms with E-state index < -0.39 is 0 Å². The van der Waals surface area contributed by atoms with E-state index in [-0.39, 0.29) is 0 Å². The molecule has 3 rings (SSSR count). The lowest BCUT2D eigenvalue weighted by Gasteiger charge is -2.26. The van der Waals surface area contributed by atoms with Crippen molar-refractivity contribution in [1.82, 2.24) is 15.1 Å². The summed E-state index contributed by atoms with van der Waals surface area (Å²) in [6.45, 7) is 5.50. The van der Waals surface area contributed by atoms with E-state index in [4.69, 9.17) is 4.74 Å². The van der Waals surface area contributed by atoms with Crippen molar-refractivity contribution in [2.45, 2.75) is 26.3 Å². The van der Waals surface area contributed by atoms with E-state index in [1.807, 2.05) is 12.1 Å². The van der Waals surface area contributed by atoms with Gasteiger partial charge in [0.15, 0.2) is 0 Å². The lowest BCUT2D eigenvalue weighted by Crippen LogP contribution is -2.31. The zero-order chi connectivity index (χ0) is 13.9. The lowest BCUT2D eigenvalue weighted by molar-refractivity contribution is 0.254. The number of rotatable bonds is 4. The number of nitrogens with one attached hydrogen (secondary N) is 1. The van der Waals surface area contributed by atoms with Gasteiger partial charge in [-0.2, -0.15) is 5.10 Å². The maximum Gasteiger partial charge on any atom is 0.119 e. The highest BCUT2D eigenvalue weighted by molar-refractivity contribution is 5.65. The topological polar surface area (TPSA) is 41.2 Å². The normalized spacial score (nSPS) is 15.1. The molecular formula is C16H21N3O. The van der Waals surface area contributed by atoms with Gasteiger partial charge in [-0.15, -0.1) is 0 Å². The van der Waals surface area contributed by atoms with Gasteiger partial charge in [-0.25, -0.2) is 0 Å². The summed E-state index contributed by atoms with van der Waals surface area (Å²) >= 11 is 0. The molecule has 4 nitrogen and oxygen atoms in total. The Bertz CT molecular complexity index is 591. The van der Waals surface area contributed by atoms with Crippen LogP contribution in [-0.4, -0.2) is 35.3 Å². The highest BCUT2D eigenvalue weighted by Gasteiger charge is 2.22. The van der Waals surface area contributed by atoms with Crippen molar-refractivity contribution in [3.63, 3.8) is 0 Å². The molecule has 4 heteroatoms. The van der Waals surface area contributed by atoms with E-state index in [0.717, 1.165) is 43.1 Å². The van der Waals surface area contributed by atoms with Gasteiger partial charge in [-0.3, -0.25) is 10.00 Å². The van der Waals surface area contributed by atoms with Crippen LogP contribution in [0.3, 0.4) is 0 Å². The Labute approximate surface area is 119 Å². The first-order valence-electron chi connectivity index (χ1n) is 7.24. The maximum absolute atomic E-state index is 5.31. The lowest BCUT2D eigenvalue weighted by atomic mass is 10.0. The average Bonchev–Trinajstić information content (AvgIpc) is 2.91. The Morgan fingerprint density at radius 2 is 2.30 bits per heavy atom. The van der Waals surface area contributed by atoms with Crippen LogP contribution in [0.4, 0.5) is 0 Å². The van der Waals surface area contributed by atoms with Crippen LogP contribution in [0.2, 0.25) is 0 Å². The zero-order valence-electron chi connectivity index (χ0n) is 12.1.